The SMILES string of the molecule is CCCCNC(=O)C(CC)N(Cc1ccc(Cl)c(Cl)c1)C(=O)CN(c1ccc(I)cc1)S(=O)(=O)c1ccccc1. The standard InChI is InChI=1S/C29H32Cl2IN3O4S/c1-3-5-17-33-29(37)27(4-2)34(19-21-11-16-25(30)26(31)18-21)28(36)20-35(23-14-12-22(32)13-15-23)40(38,39)24-9-7-6-8-10-24/h6-16,18,27H,3-5,17,19-20H2,1-2H3,(H,33,37). The summed E-state index contributed by atoms with van der Waals surface area (Å²) in [7, 11) is -4.11. The summed E-state index contributed by atoms with van der Waals surface area (Å²) in [6.45, 7) is 3.86. The number of nitrogens with zero attached hydrogens (tertiary/aromatic N) is 2. The highest BCUT2D eigenvalue weighted by Crippen LogP contribution is 2.27. The van der Waals surface area contributed by atoms with Gasteiger partial charge in [0.05, 0.1) is 20.6 Å². The topological polar surface area (TPSA) is 86.8 Å². The molecule has 0 aliphatic carbocycles. The average Bonchev–Trinajstić information content (AvgIpc) is 2.94. The van der Waals surface area contributed by atoms with Crippen LogP contribution in [0.2, 0.25) is 10.0 Å². The first-order valence-electron chi connectivity index (χ1n) is 12.9. The largest absolute Gasteiger partial charge is 0.354 e. The Bertz CT molecular complexity index is 1410. The van der Waals surface area contributed by atoms with Gasteiger partial charge in [0.1, 0.15) is 12.6 Å². The summed E-state index contributed by atoms with van der Waals surface area (Å²) < 4.78 is 29.6. The van der Waals surface area contributed by atoms with E-state index in [0.29, 0.717) is 34.3 Å². The summed E-state index contributed by atoms with van der Waals surface area (Å²) in [5, 5.41) is 3.60. The average molecular weight is 716 g/mol. The van der Waals surface area contributed by atoms with Gasteiger partial charge in [-0.15, -0.1) is 0 Å². The Balaban J connectivity index is 2.03. The molecule has 1 N–H and O–H groups in total. The second-order valence-electron chi connectivity index (χ2n) is 9.14. The molecule has 0 spiro atoms. The first-order chi connectivity index (χ1) is 19.1. The summed E-state index contributed by atoms with van der Waals surface area (Å²) >= 11 is 14.5. The fourth-order valence-corrected chi connectivity index (χ4v) is 6.23. The molecule has 0 aliphatic rings. The number of anilines is 1. The molecule has 7 nitrogen and oxygen atoms in total. The van der Waals surface area contributed by atoms with Crippen LogP contribution in [0.4, 0.5) is 5.69 Å². The van der Waals surface area contributed by atoms with Crippen LogP contribution in [0.1, 0.15) is 38.7 Å². The number of unbranched alkanes of at least 4 members (excludes halogenated alkanes) is 1. The van der Waals surface area contributed by atoms with Crippen molar-refractivity contribution in [3.05, 3.63) is 92.0 Å². The molecule has 0 saturated carbocycles. The van der Waals surface area contributed by atoms with Gasteiger partial charge >= 0.3 is 0 Å². The molecule has 0 fully saturated rings. The van der Waals surface area contributed by atoms with Crippen LogP contribution in [0.3, 0.4) is 0 Å². The summed E-state index contributed by atoms with van der Waals surface area (Å²) in [6.07, 6.45) is 2.05. The molecule has 214 valence electrons. The van der Waals surface area contributed by atoms with Crippen molar-refractivity contribution in [1.29, 1.82) is 0 Å². The first-order valence-corrected chi connectivity index (χ1v) is 16.2. The first kappa shape index (κ1) is 32.2. The number of benzene rings is 3. The molecule has 0 aromatic heterocycles. The van der Waals surface area contributed by atoms with E-state index >= 15 is 0 Å². The van der Waals surface area contributed by atoms with Crippen LogP contribution in [0.5, 0.6) is 0 Å². The van der Waals surface area contributed by atoms with Crippen LogP contribution in [-0.2, 0) is 26.2 Å². The lowest BCUT2D eigenvalue weighted by Crippen LogP contribution is -2.52. The number of sulfonamides is 1. The predicted molar refractivity (Wildman–Crippen MR) is 169 cm³/mol. The summed E-state index contributed by atoms with van der Waals surface area (Å²) in [5.41, 5.74) is 1.00. The summed E-state index contributed by atoms with van der Waals surface area (Å²) in [6, 6.07) is 19.0. The Kier molecular flexibility index (Phi) is 12.1. The molecule has 40 heavy (non-hydrogen) atoms. The molecule has 0 heterocycles. The minimum absolute atomic E-state index is 0.0430. The number of amides is 2. The number of hydrogen-bond acceptors (Lipinski definition) is 4. The highest BCUT2D eigenvalue weighted by atomic mass is 127. The van der Waals surface area contributed by atoms with Gasteiger partial charge in [-0.2, -0.15) is 0 Å². The van der Waals surface area contributed by atoms with Crippen molar-refractivity contribution in [2.75, 3.05) is 17.4 Å². The second kappa shape index (κ2) is 15.0. The normalized spacial score (nSPS) is 12.0. The van der Waals surface area contributed by atoms with E-state index in [0.717, 1.165) is 20.7 Å². The summed E-state index contributed by atoms with van der Waals surface area (Å²) in [5.74, 6) is -0.822. The Hall–Kier alpha value is -2.34. The number of hydrogen-bond donors (Lipinski definition) is 1. The van der Waals surface area contributed by atoms with Gasteiger partial charge in [-0.1, -0.05) is 67.7 Å². The number of halogens is 3. The smallest absolute Gasteiger partial charge is 0.264 e. The lowest BCUT2D eigenvalue weighted by Gasteiger charge is -2.33. The van der Waals surface area contributed by atoms with E-state index in [2.05, 4.69) is 27.9 Å². The minimum atomic E-state index is -4.11. The van der Waals surface area contributed by atoms with Gasteiger partial charge in [0.2, 0.25) is 11.8 Å². The number of carbonyl (C=O) groups excluding carboxylic acids is 2. The van der Waals surface area contributed by atoms with Gasteiger partial charge in [0, 0.05) is 16.7 Å². The Morgan fingerprint density at radius 3 is 2.23 bits per heavy atom. The van der Waals surface area contributed by atoms with E-state index in [1.807, 2.05) is 13.8 Å². The Labute approximate surface area is 260 Å². The lowest BCUT2D eigenvalue weighted by molar-refractivity contribution is -0.140. The van der Waals surface area contributed by atoms with Gasteiger partial charge in [0.15, 0.2) is 0 Å². The van der Waals surface area contributed by atoms with Gasteiger partial charge in [0.25, 0.3) is 10.0 Å². The molecule has 11 heteroatoms. The molecule has 2 amide bonds. The minimum Gasteiger partial charge on any atom is -0.354 e. The van der Waals surface area contributed by atoms with Crippen molar-refractivity contribution >= 4 is 73.3 Å². The highest BCUT2D eigenvalue weighted by molar-refractivity contribution is 14.1. The predicted octanol–water partition coefficient (Wildman–Crippen LogP) is 6.52. The van der Waals surface area contributed by atoms with Crippen LogP contribution in [0.25, 0.3) is 0 Å². The van der Waals surface area contributed by atoms with E-state index in [1.54, 1.807) is 60.7 Å². The number of rotatable bonds is 13. The molecule has 1 atom stereocenters. The zero-order valence-corrected chi connectivity index (χ0v) is 26.8. The third-order valence-electron chi connectivity index (χ3n) is 6.28. The van der Waals surface area contributed by atoms with Gasteiger partial charge in [-0.25, -0.2) is 8.42 Å². The molecule has 0 saturated heterocycles. The molecular weight excluding hydrogens is 684 g/mol. The van der Waals surface area contributed by atoms with E-state index in [-0.39, 0.29) is 17.3 Å². The van der Waals surface area contributed by atoms with E-state index < -0.39 is 28.5 Å². The van der Waals surface area contributed by atoms with Crippen LogP contribution in [0.15, 0.2) is 77.7 Å². The number of carbonyl (C=O) groups is 2. The third-order valence-corrected chi connectivity index (χ3v) is 9.52. The maximum absolute atomic E-state index is 14.0. The fraction of sp³-hybridized carbons (Fsp3) is 0.310. The van der Waals surface area contributed by atoms with Crippen LogP contribution in [0, 0.1) is 3.57 Å². The summed E-state index contributed by atoms with van der Waals surface area (Å²) in [4.78, 5) is 28.8. The maximum Gasteiger partial charge on any atom is 0.264 e. The zero-order chi connectivity index (χ0) is 29.3. The quantitative estimate of drug-likeness (QED) is 0.161. The molecule has 0 bridgehead atoms. The Morgan fingerprint density at radius 1 is 0.950 bits per heavy atom. The lowest BCUT2D eigenvalue weighted by atomic mass is 10.1. The van der Waals surface area contributed by atoms with Crippen LogP contribution >= 0.6 is 45.8 Å². The molecule has 0 radical (unpaired) electrons. The molecule has 1 unspecified atom stereocenters. The van der Waals surface area contributed by atoms with E-state index in [1.165, 1.54) is 17.0 Å². The van der Waals surface area contributed by atoms with Crippen molar-refractivity contribution in [3.63, 3.8) is 0 Å². The van der Waals surface area contributed by atoms with Crippen molar-refractivity contribution in [3.8, 4) is 0 Å². The molecule has 0 aliphatic heterocycles. The fourth-order valence-electron chi connectivity index (χ4n) is 4.12. The Morgan fingerprint density at radius 2 is 1.62 bits per heavy atom. The van der Waals surface area contributed by atoms with E-state index in [9.17, 15) is 18.0 Å². The zero-order valence-electron chi connectivity index (χ0n) is 22.3. The maximum atomic E-state index is 14.0. The van der Waals surface area contributed by atoms with Gasteiger partial charge in [-0.3, -0.25) is 13.9 Å². The van der Waals surface area contributed by atoms with Gasteiger partial charge in [-0.05, 0) is 89.5 Å². The van der Waals surface area contributed by atoms with Crippen LogP contribution < -0.4 is 9.62 Å². The monoisotopic (exact) mass is 715 g/mol. The molecule has 3 aromatic carbocycles. The van der Waals surface area contributed by atoms with Crippen molar-refractivity contribution in [1.82, 2.24) is 10.2 Å². The van der Waals surface area contributed by atoms with Crippen molar-refractivity contribution in [2.45, 2.75) is 50.6 Å². The molecule has 3 aromatic rings. The van der Waals surface area contributed by atoms with E-state index in [4.69, 9.17) is 23.2 Å². The van der Waals surface area contributed by atoms with Crippen molar-refractivity contribution in [2.24, 2.45) is 0 Å². The van der Waals surface area contributed by atoms with Crippen LogP contribution in [-0.4, -0.2) is 44.3 Å². The molecular formula is C29H32Cl2IN3O4S. The highest BCUT2D eigenvalue weighted by Gasteiger charge is 2.33. The molecule has 3 rings (SSSR count). The second-order valence-corrected chi connectivity index (χ2v) is 13.1. The van der Waals surface area contributed by atoms with Gasteiger partial charge < -0.3 is 10.2 Å². The third kappa shape index (κ3) is 8.34. The number of nitrogens with one attached hydrogen (secondary N) is 1. The van der Waals surface area contributed by atoms with Crippen molar-refractivity contribution < 1.29 is 18.0 Å².